The molecule has 0 aliphatic carbocycles. The Balaban J connectivity index is 1.95. The molecule has 0 amide bonds. The van der Waals surface area contributed by atoms with E-state index in [9.17, 15) is 0 Å². The van der Waals surface area contributed by atoms with Crippen molar-refractivity contribution in [2.24, 2.45) is 0 Å². The van der Waals surface area contributed by atoms with Gasteiger partial charge in [0.1, 0.15) is 17.4 Å². The number of pyridine rings is 1. The van der Waals surface area contributed by atoms with E-state index in [1.54, 1.807) is 0 Å². The van der Waals surface area contributed by atoms with E-state index in [2.05, 4.69) is 98.2 Å². The molecule has 28 heavy (non-hydrogen) atoms. The third kappa shape index (κ3) is 2.25. The molecule has 2 aromatic heterocycles. The van der Waals surface area contributed by atoms with Gasteiger partial charge in [-0.2, -0.15) is 0 Å². The summed E-state index contributed by atoms with van der Waals surface area (Å²) in [5.74, 6) is 0. The predicted molar refractivity (Wildman–Crippen MR) is 115 cm³/mol. The number of nitrogens with zero attached hydrogens (tertiary/aromatic N) is 3. The number of nitrogens with one attached hydrogen (secondary N) is 1. The van der Waals surface area contributed by atoms with Crippen LogP contribution in [0.1, 0.15) is 19.4 Å². The molecule has 1 aliphatic heterocycles. The summed E-state index contributed by atoms with van der Waals surface area (Å²) in [5.41, 5.74) is 5.92. The Morgan fingerprint density at radius 3 is 2.43 bits per heavy atom. The van der Waals surface area contributed by atoms with Crippen molar-refractivity contribution in [2.75, 3.05) is 7.05 Å². The lowest BCUT2D eigenvalue weighted by Gasteiger charge is -2.34. The first kappa shape index (κ1) is 17.0. The van der Waals surface area contributed by atoms with E-state index in [4.69, 9.17) is 4.98 Å². The van der Waals surface area contributed by atoms with E-state index in [0.717, 1.165) is 11.3 Å². The normalized spacial score (nSPS) is 18.4. The van der Waals surface area contributed by atoms with E-state index in [0.29, 0.717) is 0 Å². The first-order valence-electron chi connectivity index (χ1n) is 9.73. The molecule has 140 valence electrons. The van der Waals surface area contributed by atoms with E-state index < -0.39 is 0 Å². The molecular formula is C24H25N4+. The van der Waals surface area contributed by atoms with Crippen LogP contribution in [0.4, 0.5) is 5.69 Å². The minimum absolute atomic E-state index is 0.0650. The molecule has 0 saturated carbocycles. The van der Waals surface area contributed by atoms with Crippen LogP contribution >= 0.6 is 0 Å². The summed E-state index contributed by atoms with van der Waals surface area (Å²) >= 11 is 0. The summed E-state index contributed by atoms with van der Waals surface area (Å²) in [6, 6.07) is 19.2. The summed E-state index contributed by atoms with van der Waals surface area (Å²) in [5, 5.41) is 2.44. The molecule has 1 unspecified atom stereocenters. The number of benzene rings is 2. The van der Waals surface area contributed by atoms with Crippen LogP contribution in [0.25, 0.3) is 27.6 Å². The van der Waals surface area contributed by atoms with Crippen molar-refractivity contribution in [1.29, 1.82) is 0 Å². The highest BCUT2D eigenvalue weighted by Gasteiger charge is 2.41. The molecule has 2 aromatic carbocycles. The fourth-order valence-electron chi connectivity index (χ4n) is 4.36. The van der Waals surface area contributed by atoms with Crippen molar-refractivity contribution in [1.82, 2.24) is 14.5 Å². The third-order valence-electron chi connectivity index (χ3n) is 6.19. The zero-order chi connectivity index (χ0) is 19.5. The van der Waals surface area contributed by atoms with Crippen LogP contribution in [0.3, 0.4) is 0 Å². The van der Waals surface area contributed by atoms with Crippen LogP contribution in [0.5, 0.6) is 0 Å². The summed E-state index contributed by atoms with van der Waals surface area (Å²) in [6.07, 6.45) is 6.33. The zero-order valence-electron chi connectivity index (χ0n) is 16.8. The van der Waals surface area contributed by atoms with Gasteiger partial charge in [0.2, 0.25) is 0 Å². The van der Waals surface area contributed by atoms with Crippen LogP contribution in [-0.2, 0) is 0 Å². The minimum atomic E-state index is -0.0650. The smallest absolute Gasteiger partial charge is 0.175 e. The van der Waals surface area contributed by atoms with Gasteiger partial charge >= 0.3 is 0 Å². The van der Waals surface area contributed by atoms with Crippen molar-refractivity contribution in [3.05, 3.63) is 78.8 Å². The summed E-state index contributed by atoms with van der Waals surface area (Å²) in [4.78, 5) is 8.40. The molecule has 3 heterocycles. The topological polar surface area (TPSA) is 25.5 Å². The van der Waals surface area contributed by atoms with Crippen LogP contribution in [0.2, 0.25) is 0 Å². The molecule has 5 rings (SSSR count). The Morgan fingerprint density at radius 2 is 1.71 bits per heavy atom. The molecule has 4 heteroatoms. The molecule has 1 aliphatic rings. The number of para-hydroxylation sites is 1. The lowest BCUT2D eigenvalue weighted by molar-refractivity contribution is -0.838. The Hall–Kier alpha value is -3.11. The number of rotatable bonds is 2. The number of aromatic nitrogens is 2. The Bertz CT molecular complexity index is 1220. The summed E-state index contributed by atoms with van der Waals surface area (Å²) in [7, 11) is 2.15. The fraction of sp³-hybridized carbons (Fsp3) is 0.208. The Labute approximate surface area is 165 Å². The Morgan fingerprint density at radius 1 is 0.929 bits per heavy atom. The van der Waals surface area contributed by atoms with Crippen molar-refractivity contribution in [3.63, 3.8) is 0 Å². The van der Waals surface area contributed by atoms with Gasteiger partial charge in [-0.1, -0.05) is 30.3 Å². The second kappa shape index (κ2) is 5.94. The van der Waals surface area contributed by atoms with Crippen LogP contribution in [0.15, 0.2) is 73.2 Å². The molecule has 1 atom stereocenters. The number of fused-ring (bicyclic) bond motifs is 3. The number of hydrogen-bond acceptors (Lipinski definition) is 2. The number of quaternary nitrogens is 1. The van der Waals surface area contributed by atoms with Crippen molar-refractivity contribution >= 4 is 27.6 Å². The van der Waals surface area contributed by atoms with E-state index in [1.165, 1.54) is 32.4 Å². The second-order valence-electron chi connectivity index (χ2n) is 8.10. The van der Waals surface area contributed by atoms with E-state index in [1.807, 2.05) is 12.3 Å². The standard InChI is InChI=1S/C24H24N4/c1-17-12-13-19-20-11-8-14-25-23(20)28(18-9-6-5-7-10-18)22(19)21(17)27-16-15-26(4)24(27,2)3/h5-16H,1-4H3/p+1. The molecular weight excluding hydrogens is 344 g/mol. The highest BCUT2D eigenvalue weighted by Crippen LogP contribution is 2.36. The van der Waals surface area contributed by atoms with E-state index >= 15 is 0 Å². The van der Waals surface area contributed by atoms with Gasteiger partial charge in [0, 0.05) is 49.1 Å². The molecule has 4 aromatic rings. The third-order valence-corrected chi connectivity index (χ3v) is 6.19. The molecule has 0 radical (unpaired) electrons. The van der Waals surface area contributed by atoms with Crippen LogP contribution < -0.4 is 4.90 Å². The zero-order valence-corrected chi connectivity index (χ0v) is 16.8. The first-order valence-corrected chi connectivity index (χ1v) is 9.73. The van der Waals surface area contributed by atoms with Crippen molar-refractivity contribution in [3.8, 4) is 5.69 Å². The molecule has 0 bridgehead atoms. The van der Waals surface area contributed by atoms with Crippen molar-refractivity contribution < 1.29 is 4.90 Å². The summed E-state index contributed by atoms with van der Waals surface area (Å²) in [6.45, 7) is 6.78. The average molecular weight is 369 g/mol. The molecule has 1 N–H and O–H groups in total. The molecule has 0 fully saturated rings. The SMILES string of the molecule is Cc1ccc2c3cccnc3n(-c3ccccc3)c2c1[NH+]1C=CN(C)C1(C)C. The van der Waals surface area contributed by atoms with Gasteiger partial charge in [-0.3, -0.25) is 9.47 Å². The quantitative estimate of drug-likeness (QED) is 0.574. The largest absolute Gasteiger partial charge is 0.325 e. The lowest BCUT2D eigenvalue weighted by Crippen LogP contribution is -3.11. The molecule has 4 nitrogen and oxygen atoms in total. The van der Waals surface area contributed by atoms with E-state index in [-0.39, 0.29) is 5.66 Å². The Kier molecular flexibility index (Phi) is 3.61. The maximum Gasteiger partial charge on any atom is 0.175 e. The van der Waals surface area contributed by atoms with Crippen LogP contribution in [-0.4, -0.2) is 27.2 Å². The summed E-state index contributed by atoms with van der Waals surface area (Å²) < 4.78 is 2.32. The van der Waals surface area contributed by atoms with Gasteiger partial charge in [-0.05, 0) is 31.2 Å². The van der Waals surface area contributed by atoms with Gasteiger partial charge in [0.05, 0.1) is 6.20 Å². The van der Waals surface area contributed by atoms with Gasteiger partial charge in [0.25, 0.3) is 0 Å². The number of hydrogen-bond donors (Lipinski definition) is 1. The number of aryl methyl sites for hydroxylation is 1. The van der Waals surface area contributed by atoms with Gasteiger partial charge in [0.15, 0.2) is 11.4 Å². The lowest BCUT2D eigenvalue weighted by atomic mass is 10.1. The van der Waals surface area contributed by atoms with Crippen LogP contribution in [0, 0.1) is 6.92 Å². The van der Waals surface area contributed by atoms with Crippen molar-refractivity contribution in [2.45, 2.75) is 26.4 Å². The second-order valence-corrected chi connectivity index (χ2v) is 8.10. The first-order chi connectivity index (χ1) is 13.5. The van der Waals surface area contributed by atoms with Gasteiger partial charge < -0.3 is 4.90 Å². The molecule has 0 spiro atoms. The maximum atomic E-state index is 4.77. The predicted octanol–water partition coefficient (Wildman–Crippen LogP) is 4.16. The molecule has 0 saturated heterocycles. The van der Waals surface area contributed by atoms with Gasteiger partial charge in [-0.15, -0.1) is 0 Å². The maximum absolute atomic E-state index is 4.77. The average Bonchev–Trinajstić information content (AvgIpc) is 3.17. The highest BCUT2D eigenvalue weighted by atomic mass is 15.4. The highest BCUT2D eigenvalue weighted by molar-refractivity contribution is 6.11. The monoisotopic (exact) mass is 369 g/mol. The van der Waals surface area contributed by atoms with Gasteiger partial charge in [-0.25, -0.2) is 4.98 Å². The minimum Gasteiger partial charge on any atom is -0.325 e. The fourth-order valence-corrected chi connectivity index (χ4v) is 4.36.